The highest BCUT2D eigenvalue weighted by Gasteiger charge is 2.27. The van der Waals surface area contributed by atoms with Crippen molar-refractivity contribution in [3.63, 3.8) is 0 Å². The van der Waals surface area contributed by atoms with Gasteiger partial charge in [0.15, 0.2) is 0 Å². The smallest absolute Gasteiger partial charge is 0.407 e. The molecule has 1 aliphatic heterocycles. The minimum absolute atomic E-state index is 0.125. The molecule has 0 bridgehead atoms. The Morgan fingerprint density at radius 3 is 2.73 bits per heavy atom. The highest BCUT2D eigenvalue weighted by atomic mass is 19.1. The lowest BCUT2D eigenvalue weighted by Gasteiger charge is -2.38. The Hall–Kier alpha value is -2.91. The minimum Gasteiger partial charge on any atom is -0.465 e. The Morgan fingerprint density at radius 2 is 2.04 bits per heavy atom. The fourth-order valence-corrected chi connectivity index (χ4v) is 3.35. The monoisotopic (exact) mass is 353 g/mol. The van der Waals surface area contributed by atoms with E-state index in [1.165, 1.54) is 11.0 Å². The molecule has 0 radical (unpaired) electrons. The summed E-state index contributed by atoms with van der Waals surface area (Å²) in [6.07, 6.45) is -0.914. The van der Waals surface area contributed by atoms with E-state index in [-0.39, 0.29) is 11.9 Å². The van der Waals surface area contributed by atoms with E-state index in [2.05, 4.69) is 11.0 Å². The second kappa shape index (κ2) is 7.54. The molecule has 1 saturated heterocycles. The highest BCUT2D eigenvalue weighted by molar-refractivity contribution is 5.66. The lowest BCUT2D eigenvalue weighted by Crippen LogP contribution is -2.53. The predicted molar refractivity (Wildman–Crippen MR) is 96.0 cm³/mol. The summed E-state index contributed by atoms with van der Waals surface area (Å²) in [5, 5.41) is 18.2. The number of hydrogen-bond acceptors (Lipinski definition) is 3. The maximum atomic E-state index is 14.3. The molecule has 2 aromatic rings. The number of benzene rings is 2. The number of nitrogens with zero attached hydrogens (tertiary/aromatic N) is 3. The van der Waals surface area contributed by atoms with Crippen LogP contribution < -0.4 is 0 Å². The Kier molecular flexibility index (Phi) is 5.19. The van der Waals surface area contributed by atoms with Crippen LogP contribution in [0.1, 0.15) is 18.1 Å². The van der Waals surface area contributed by atoms with Crippen LogP contribution in [0.15, 0.2) is 42.5 Å². The molecule has 1 heterocycles. The first-order chi connectivity index (χ1) is 12.5. The third-order valence-corrected chi connectivity index (χ3v) is 4.72. The molecule has 5 nitrogen and oxygen atoms in total. The fraction of sp³-hybridized carbons (Fsp3) is 0.300. The van der Waals surface area contributed by atoms with E-state index >= 15 is 0 Å². The van der Waals surface area contributed by atoms with Gasteiger partial charge in [-0.25, -0.2) is 9.18 Å². The van der Waals surface area contributed by atoms with Crippen molar-refractivity contribution in [2.75, 3.05) is 19.6 Å². The second-order valence-electron chi connectivity index (χ2n) is 6.56. The van der Waals surface area contributed by atoms with Crippen LogP contribution in [-0.4, -0.2) is 46.7 Å². The van der Waals surface area contributed by atoms with Gasteiger partial charge in [0.05, 0.1) is 11.6 Å². The standard InChI is InChI=1S/C20H20FN3O2/c1-14-12-23(7-8-24(14)20(25)26)13-18-10-17(5-6-19(18)21)16-4-2-3-15(9-16)11-22/h2-6,9-10,14H,7-8,12-13H2,1H3,(H,25,26)/t14-/m0/s1. The van der Waals surface area contributed by atoms with Crippen molar-refractivity contribution in [3.05, 3.63) is 59.4 Å². The molecule has 0 aromatic heterocycles. The number of halogens is 1. The zero-order chi connectivity index (χ0) is 18.7. The lowest BCUT2D eigenvalue weighted by atomic mass is 10.0. The molecule has 2 aromatic carbocycles. The molecule has 134 valence electrons. The molecule has 1 fully saturated rings. The van der Waals surface area contributed by atoms with Crippen LogP contribution in [0.3, 0.4) is 0 Å². The zero-order valence-electron chi connectivity index (χ0n) is 14.5. The third-order valence-electron chi connectivity index (χ3n) is 4.72. The number of piperazine rings is 1. The molecule has 0 saturated carbocycles. The molecule has 26 heavy (non-hydrogen) atoms. The predicted octanol–water partition coefficient (Wildman–Crippen LogP) is 3.55. The van der Waals surface area contributed by atoms with Crippen LogP contribution in [0.2, 0.25) is 0 Å². The van der Waals surface area contributed by atoms with Crippen molar-refractivity contribution in [1.82, 2.24) is 9.80 Å². The van der Waals surface area contributed by atoms with E-state index in [1.54, 1.807) is 24.3 Å². The lowest BCUT2D eigenvalue weighted by molar-refractivity contribution is 0.0706. The summed E-state index contributed by atoms with van der Waals surface area (Å²) in [7, 11) is 0. The molecule has 1 amide bonds. The first-order valence-electron chi connectivity index (χ1n) is 8.49. The van der Waals surface area contributed by atoms with Gasteiger partial charge in [0.2, 0.25) is 0 Å². The summed E-state index contributed by atoms with van der Waals surface area (Å²) in [5.74, 6) is -0.279. The van der Waals surface area contributed by atoms with Crippen LogP contribution >= 0.6 is 0 Å². The Morgan fingerprint density at radius 1 is 1.27 bits per heavy atom. The van der Waals surface area contributed by atoms with Gasteiger partial charge in [-0.2, -0.15) is 5.26 Å². The van der Waals surface area contributed by atoms with Gasteiger partial charge in [0, 0.05) is 37.8 Å². The van der Waals surface area contributed by atoms with Gasteiger partial charge in [-0.1, -0.05) is 18.2 Å². The van der Waals surface area contributed by atoms with Crippen LogP contribution in [0, 0.1) is 17.1 Å². The summed E-state index contributed by atoms with van der Waals surface area (Å²) in [6, 6.07) is 14.2. The average Bonchev–Trinajstić information content (AvgIpc) is 2.63. The maximum absolute atomic E-state index is 14.3. The van der Waals surface area contributed by atoms with Gasteiger partial charge in [0.25, 0.3) is 0 Å². The van der Waals surface area contributed by atoms with Crippen molar-refractivity contribution < 1.29 is 14.3 Å². The van der Waals surface area contributed by atoms with Crippen LogP contribution in [0.5, 0.6) is 0 Å². The van der Waals surface area contributed by atoms with Crippen molar-refractivity contribution in [1.29, 1.82) is 5.26 Å². The van der Waals surface area contributed by atoms with Crippen molar-refractivity contribution in [2.24, 2.45) is 0 Å². The first kappa shape index (κ1) is 17.9. The maximum Gasteiger partial charge on any atom is 0.407 e. The Bertz CT molecular complexity index is 862. The molecular weight excluding hydrogens is 333 g/mol. The van der Waals surface area contributed by atoms with Crippen molar-refractivity contribution in [2.45, 2.75) is 19.5 Å². The minimum atomic E-state index is -0.914. The van der Waals surface area contributed by atoms with E-state index in [9.17, 15) is 9.18 Å². The molecular formula is C20H20FN3O2. The number of rotatable bonds is 3. The number of amides is 1. The number of hydrogen-bond donors (Lipinski definition) is 1. The molecule has 3 rings (SSSR count). The van der Waals surface area contributed by atoms with Crippen molar-refractivity contribution >= 4 is 6.09 Å². The van der Waals surface area contributed by atoms with Crippen LogP contribution in [-0.2, 0) is 6.54 Å². The summed E-state index contributed by atoms with van der Waals surface area (Å²) in [5.41, 5.74) is 2.86. The van der Waals surface area contributed by atoms with Gasteiger partial charge in [-0.15, -0.1) is 0 Å². The molecule has 1 N–H and O–H groups in total. The molecule has 6 heteroatoms. The topological polar surface area (TPSA) is 67.6 Å². The van der Waals surface area contributed by atoms with Crippen molar-refractivity contribution in [3.8, 4) is 17.2 Å². The average molecular weight is 353 g/mol. The van der Waals surface area contributed by atoms with Crippen LogP contribution in [0.4, 0.5) is 9.18 Å². The first-order valence-corrected chi connectivity index (χ1v) is 8.49. The fourth-order valence-electron chi connectivity index (χ4n) is 3.35. The summed E-state index contributed by atoms with van der Waals surface area (Å²) in [6.45, 7) is 3.85. The summed E-state index contributed by atoms with van der Waals surface area (Å²) >= 11 is 0. The van der Waals surface area contributed by atoms with Gasteiger partial charge >= 0.3 is 6.09 Å². The van der Waals surface area contributed by atoms with Gasteiger partial charge < -0.3 is 10.0 Å². The number of carboxylic acid groups (broad SMARTS) is 1. The molecule has 0 unspecified atom stereocenters. The van der Waals surface area contributed by atoms with E-state index < -0.39 is 6.09 Å². The van der Waals surface area contributed by atoms with E-state index in [1.807, 2.05) is 19.1 Å². The van der Waals surface area contributed by atoms with E-state index in [0.717, 1.165) is 11.1 Å². The normalized spacial score (nSPS) is 17.7. The summed E-state index contributed by atoms with van der Waals surface area (Å²) < 4.78 is 14.3. The Balaban J connectivity index is 1.79. The SMILES string of the molecule is C[C@H]1CN(Cc2cc(-c3cccc(C#N)c3)ccc2F)CCN1C(=O)O. The molecule has 0 spiro atoms. The van der Waals surface area contributed by atoms with Gasteiger partial charge in [-0.05, 0) is 42.3 Å². The third kappa shape index (κ3) is 3.84. The molecule has 1 atom stereocenters. The van der Waals surface area contributed by atoms with Gasteiger partial charge in [-0.3, -0.25) is 4.90 Å². The highest BCUT2D eigenvalue weighted by Crippen LogP contribution is 2.24. The zero-order valence-corrected chi connectivity index (χ0v) is 14.5. The summed E-state index contributed by atoms with van der Waals surface area (Å²) in [4.78, 5) is 14.6. The van der Waals surface area contributed by atoms with E-state index in [0.29, 0.717) is 37.3 Å². The number of carbonyl (C=O) groups is 1. The quantitative estimate of drug-likeness (QED) is 0.916. The largest absolute Gasteiger partial charge is 0.465 e. The Labute approximate surface area is 151 Å². The molecule has 1 aliphatic rings. The van der Waals surface area contributed by atoms with E-state index in [4.69, 9.17) is 10.4 Å². The van der Waals surface area contributed by atoms with Gasteiger partial charge in [0.1, 0.15) is 5.82 Å². The second-order valence-corrected chi connectivity index (χ2v) is 6.56. The molecule has 0 aliphatic carbocycles. The van der Waals surface area contributed by atoms with Crippen LogP contribution in [0.25, 0.3) is 11.1 Å². The number of nitriles is 1.